The quantitative estimate of drug-likeness (QED) is 0.779. The van der Waals surface area contributed by atoms with E-state index in [2.05, 4.69) is 24.0 Å². The maximum absolute atomic E-state index is 12.9. The van der Waals surface area contributed by atoms with Crippen LogP contribution in [0.1, 0.15) is 25.5 Å². The average Bonchev–Trinajstić information content (AvgIpc) is 2.69. The van der Waals surface area contributed by atoms with Gasteiger partial charge in [0.2, 0.25) is 10.0 Å². The number of sulfonamides is 1. The van der Waals surface area contributed by atoms with Crippen molar-refractivity contribution in [2.75, 3.05) is 32.8 Å². The number of nitrogens with zero attached hydrogens (tertiary/aromatic N) is 2. The molecule has 1 saturated heterocycles. The van der Waals surface area contributed by atoms with E-state index in [0.29, 0.717) is 30.3 Å². The van der Waals surface area contributed by atoms with Crippen molar-refractivity contribution in [3.8, 4) is 5.75 Å². The van der Waals surface area contributed by atoms with E-state index in [0.717, 1.165) is 13.1 Å². The minimum atomic E-state index is -3.46. The summed E-state index contributed by atoms with van der Waals surface area (Å²) in [5.74, 6) is 0.688. The molecule has 5 nitrogen and oxygen atoms in total. The van der Waals surface area contributed by atoms with Crippen LogP contribution in [0.4, 0.5) is 0 Å². The van der Waals surface area contributed by atoms with Gasteiger partial charge in [0.25, 0.3) is 0 Å². The maximum Gasteiger partial charge on any atom is 0.243 e. The van der Waals surface area contributed by atoms with Crippen molar-refractivity contribution in [2.45, 2.75) is 24.8 Å². The Labute approximate surface area is 156 Å². The summed E-state index contributed by atoms with van der Waals surface area (Å²) in [4.78, 5) is 2.66. The van der Waals surface area contributed by atoms with E-state index >= 15 is 0 Å². The maximum atomic E-state index is 12.9. The first-order valence-corrected chi connectivity index (χ1v) is 10.5. The average molecular weight is 375 g/mol. The topological polar surface area (TPSA) is 49.9 Å². The van der Waals surface area contributed by atoms with Gasteiger partial charge in [0, 0.05) is 32.2 Å². The van der Waals surface area contributed by atoms with Crippen molar-refractivity contribution < 1.29 is 13.2 Å². The van der Waals surface area contributed by atoms with Crippen LogP contribution < -0.4 is 4.74 Å². The Morgan fingerprint density at radius 1 is 0.962 bits per heavy atom. The van der Waals surface area contributed by atoms with Gasteiger partial charge >= 0.3 is 0 Å². The Kier molecular flexibility index (Phi) is 5.96. The van der Waals surface area contributed by atoms with Crippen LogP contribution in [-0.2, 0) is 10.0 Å². The van der Waals surface area contributed by atoms with E-state index < -0.39 is 10.0 Å². The van der Waals surface area contributed by atoms with Crippen LogP contribution in [0, 0.1) is 0 Å². The second-order valence-corrected chi connectivity index (χ2v) is 8.37. The molecule has 2 aromatic rings. The third-order valence-electron chi connectivity index (χ3n) is 4.88. The standard InChI is InChI=1S/C20H26N2O3S/c1-3-25-19-9-11-20(12-10-19)26(23,24)22-15-13-21(14-16-22)17(2)18-7-5-4-6-8-18/h4-12,17H,3,13-16H2,1-2H3/t17-/m1/s1. The van der Waals surface area contributed by atoms with Gasteiger partial charge in [-0.1, -0.05) is 30.3 Å². The Balaban J connectivity index is 1.65. The molecule has 6 heteroatoms. The first-order chi connectivity index (χ1) is 12.5. The van der Waals surface area contributed by atoms with E-state index in [1.807, 2.05) is 25.1 Å². The molecule has 0 amide bonds. The number of benzene rings is 2. The van der Waals surface area contributed by atoms with Crippen molar-refractivity contribution >= 4 is 10.0 Å². The number of hydrogen-bond acceptors (Lipinski definition) is 4. The summed E-state index contributed by atoms with van der Waals surface area (Å²) in [6, 6.07) is 17.3. The van der Waals surface area contributed by atoms with Crippen molar-refractivity contribution in [1.29, 1.82) is 0 Å². The van der Waals surface area contributed by atoms with Crippen LogP contribution in [0.3, 0.4) is 0 Å². The monoisotopic (exact) mass is 374 g/mol. The zero-order valence-electron chi connectivity index (χ0n) is 15.3. The minimum Gasteiger partial charge on any atom is -0.494 e. The van der Waals surface area contributed by atoms with Gasteiger partial charge in [-0.2, -0.15) is 4.31 Å². The van der Waals surface area contributed by atoms with Gasteiger partial charge in [0.15, 0.2) is 0 Å². The van der Waals surface area contributed by atoms with Gasteiger partial charge in [-0.15, -0.1) is 0 Å². The zero-order valence-corrected chi connectivity index (χ0v) is 16.2. The Hall–Kier alpha value is -1.89. The normalized spacial score (nSPS) is 17.8. The molecule has 0 unspecified atom stereocenters. The zero-order chi connectivity index (χ0) is 18.6. The molecule has 1 atom stereocenters. The molecule has 0 saturated carbocycles. The highest BCUT2D eigenvalue weighted by Gasteiger charge is 2.30. The third kappa shape index (κ3) is 4.09. The smallest absolute Gasteiger partial charge is 0.243 e. The van der Waals surface area contributed by atoms with Gasteiger partial charge in [-0.25, -0.2) is 8.42 Å². The first kappa shape index (κ1) is 18.9. The van der Waals surface area contributed by atoms with E-state index in [4.69, 9.17) is 4.74 Å². The summed E-state index contributed by atoms with van der Waals surface area (Å²) >= 11 is 0. The fourth-order valence-electron chi connectivity index (χ4n) is 3.30. The lowest BCUT2D eigenvalue weighted by Crippen LogP contribution is -2.49. The van der Waals surface area contributed by atoms with Crippen LogP contribution in [0.15, 0.2) is 59.5 Å². The van der Waals surface area contributed by atoms with Crippen molar-refractivity contribution in [2.24, 2.45) is 0 Å². The lowest BCUT2D eigenvalue weighted by molar-refractivity contribution is 0.146. The molecular weight excluding hydrogens is 348 g/mol. The van der Waals surface area contributed by atoms with Crippen molar-refractivity contribution in [3.63, 3.8) is 0 Å². The lowest BCUT2D eigenvalue weighted by atomic mass is 10.1. The number of piperazine rings is 1. The van der Waals surface area contributed by atoms with E-state index in [9.17, 15) is 8.42 Å². The predicted molar refractivity (Wildman–Crippen MR) is 103 cm³/mol. The molecule has 0 radical (unpaired) electrons. The molecule has 140 valence electrons. The third-order valence-corrected chi connectivity index (χ3v) is 6.79. The highest BCUT2D eigenvalue weighted by Crippen LogP contribution is 2.25. The number of hydrogen-bond donors (Lipinski definition) is 0. The van der Waals surface area contributed by atoms with Gasteiger partial charge in [-0.05, 0) is 43.7 Å². The van der Waals surface area contributed by atoms with Crippen molar-refractivity contribution in [3.05, 3.63) is 60.2 Å². The van der Waals surface area contributed by atoms with Gasteiger partial charge in [0.05, 0.1) is 11.5 Å². The van der Waals surface area contributed by atoms with Crippen LogP contribution in [0.2, 0.25) is 0 Å². The fourth-order valence-corrected chi connectivity index (χ4v) is 4.72. The summed E-state index contributed by atoms with van der Waals surface area (Å²) in [5, 5.41) is 0. The second kappa shape index (κ2) is 8.20. The first-order valence-electron chi connectivity index (χ1n) is 9.04. The van der Waals surface area contributed by atoms with E-state index in [-0.39, 0.29) is 6.04 Å². The molecule has 3 rings (SSSR count). The molecule has 1 fully saturated rings. The van der Waals surface area contributed by atoms with Crippen molar-refractivity contribution in [1.82, 2.24) is 9.21 Å². The highest BCUT2D eigenvalue weighted by atomic mass is 32.2. The van der Waals surface area contributed by atoms with E-state index in [1.165, 1.54) is 5.56 Å². The summed E-state index contributed by atoms with van der Waals surface area (Å²) in [6.45, 7) is 7.11. The number of rotatable bonds is 6. The molecule has 2 aromatic carbocycles. The largest absolute Gasteiger partial charge is 0.494 e. The second-order valence-electron chi connectivity index (χ2n) is 6.43. The summed E-state index contributed by atoms with van der Waals surface area (Å²) in [5.41, 5.74) is 1.26. The molecule has 1 aliphatic rings. The van der Waals surface area contributed by atoms with Gasteiger partial charge in [0.1, 0.15) is 5.75 Å². The molecule has 26 heavy (non-hydrogen) atoms. The van der Waals surface area contributed by atoms with Crippen LogP contribution in [0.5, 0.6) is 5.75 Å². The molecule has 0 aliphatic carbocycles. The molecule has 1 aliphatic heterocycles. The summed E-state index contributed by atoms with van der Waals surface area (Å²) in [7, 11) is -3.46. The van der Waals surface area contributed by atoms with Crippen LogP contribution in [0.25, 0.3) is 0 Å². The summed E-state index contributed by atoms with van der Waals surface area (Å²) < 4.78 is 32.7. The van der Waals surface area contributed by atoms with E-state index in [1.54, 1.807) is 28.6 Å². The number of ether oxygens (including phenoxy) is 1. The van der Waals surface area contributed by atoms with Gasteiger partial charge in [-0.3, -0.25) is 4.90 Å². The Bertz CT molecular complexity index is 799. The minimum absolute atomic E-state index is 0.284. The summed E-state index contributed by atoms with van der Waals surface area (Å²) in [6.07, 6.45) is 0. The fraction of sp³-hybridized carbons (Fsp3) is 0.400. The van der Waals surface area contributed by atoms with Crippen LogP contribution >= 0.6 is 0 Å². The Morgan fingerprint density at radius 2 is 1.58 bits per heavy atom. The molecular formula is C20H26N2O3S. The lowest BCUT2D eigenvalue weighted by Gasteiger charge is -2.37. The molecule has 0 aromatic heterocycles. The molecule has 0 spiro atoms. The Morgan fingerprint density at radius 3 is 2.15 bits per heavy atom. The highest BCUT2D eigenvalue weighted by molar-refractivity contribution is 7.89. The SMILES string of the molecule is CCOc1ccc(S(=O)(=O)N2CCN([C@H](C)c3ccccc3)CC2)cc1. The molecule has 0 N–H and O–H groups in total. The van der Waals surface area contributed by atoms with Gasteiger partial charge < -0.3 is 4.74 Å². The van der Waals surface area contributed by atoms with Crippen LogP contribution in [-0.4, -0.2) is 50.4 Å². The predicted octanol–water partition coefficient (Wildman–Crippen LogP) is 3.15. The molecule has 1 heterocycles. The molecule has 0 bridgehead atoms.